The zero-order valence-electron chi connectivity index (χ0n) is 9.12. The molecule has 0 fully saturated rings. The number of rotatable bonds is 2. The molecule has 1 aromatic carbocycles. The first-order valence-electron chi connectivity index (χ1n) is 5.03. The maximum Gasteiger partial charge on any atom is 0.0961 e. The molecule has 0 atom stereocenters. The maximum absolute atomic E-state index is 9.01. The predicted octanol–water partition coefficient (Wildman–Crippen LogP) is 3.78. The number of benzene rings is 1. The number of hydrogen-bond donors (Lipinski definition) is 2. The Kier molecular flexibility index (Phi) is 3.97. The number of hydrogen-bond acceptors (Lipinski definition) is 3. The molecule has 1 aromatic heterocycles. The van der Waals surface area contributed by atoms with Crippen LogP contribution in [0.25, 0.3) is 11.3 Å². The van der Waals surface area contributed by atoms with E-state index in [0.29, 0.717) is 37.6 Å². The number of halogens is 3. The van der Waals surface area contributed by atoms with Gasteiger partial charge in [-0.2, -0.15) is 0 Å². The number of nitrogens with two attached hydrogens (primary N) is 1. The molecule has 2 aromatic rings. The van der Waals surface area contributed by atoms with Crippen LogP contribution in [0.15, 0.2) is 24.4 Å². The summed E-state index contributed by atoms with van der Waals surface area (Å²) in [5.41, 5.74) is 7.82. The van der Waals surface area contributed by atoms with E-state index in [0.717, 1.165) is 0 Å². The quantitative estimate of drug-likeness (QED) is 0.830. The van der Waals surface area contributed by atoms with Gasteiger partial charge in [-0.05, 0) is 23.8 Å². The predicted molar refractivity (Wildman–Crippen MR) is 75.0 cm³/mol. The fourth-order valence-electron chi connectivity index (χ4n) is 1.57. The number of nitrogens with zero attached hydrogens (tertiary/aromatic N) is 1. The molecule has 0 saturated carbocycles. The molecule has 0 bridgehead atoms. The van der Waals surface area contributed by atoms with E-state index in [1.807, 2.05) is 0 Å². The Morgan fingerprint density at radius 1 is 1.17 bits per heavy atom. The van der Waals surface area contributed by atoms with Crippen LogP contribution in [0, 0.1) is 0 Å². The van der Waals surface area contributed by atoms with Gasteiger partial charge < -0.3 is 10.8 Å². The third kappa shape index (κ3) is 2.40. The maximum atomic E-state index is 9.01. The van der Waals surface area contributed by atoms with E-state index in [1.54, 1.807) is 18.2 Å². The lowest BCUT2D eigenvalue weighted by molar-refractivity contribution is 0.281. The van der Waals surface area contributed by atoms with Crippen LogP contribution in [0.4, 0.5) is 5.69 Å². The molecule has 18 heavy (non-hydrogen) atoms. The Hall–Kier alpha value is -1.000. The summed E-state index contributed by atoms with van der Waals surface area (Å²) in [5.74, 6) is 0. The van der Waals surface area contributed by atoms with E-state index >= 15 is 0 Å². The van der Waals surface area contributed by atoms with Crippen LogP contribution < -0.4 is 5.73 Å². The van der Waals surface area contributed by atoms with Crippen molar-refractivity contribution in [3.63, 3.8) is 0 Å². The number of anilines is 1. The highest BCUT2D eigenvalue weighted by Crippen LogP contribution is 2.40. The minimum Gasteiger partial charge on any atom is -0.397 e. The summed E-state index contributed by atoms with van der Waals surface area (Å²) in [6.45, 7) is -0.130. The molecule has 6 heteroatoms. The third-order valence-corrected chi connectivity index (χ3v) is 3.56. The smallest absolute Gasteiger partial charge is 0.0961 e. The van der Waals surface area contributed by atoms with Crippen molar-refractivity contribution < 1.29 is 5.11 Å². The molecule has 2 rings (SSSR count). The molecule has 0 aliphatic rings. The first-order chi connectivity index (χ1) is 8.54. The van der Waals surface area contributed by atoms with E-state index in [9.17, 15) is 0 Å². The van der Waals surface area contributed by atoms with Gasteiger partial charge in [-0.25, -0.2) is 0 Å². The summed E-state index contributed by atoms with van der Waals surface area (Å²) in [5, 5.41) is 10.1. The minimum atomic E-state index is -0.130. The van der Waals surface area contributed by atoms with Crippen molar-refractivity contribution >= 4 is 40.5 Å². The molecule has 0 saturated heterocycles. The second-order valence-corrected chi connectivity index (χ2v) is 4.85. The van der Waals surface area contributed by atoms with E-state index in [4.69, 9.17) is 45.6 Å². The van der Waals surface area contributed by atoms with Gasteiger partial charge in [-0.1, -0.05) is 34.8 Å². The molecular formula is C12H9Cl3N2O. The average Bonchev–Trinajstić information content (AvgIpc) is 2.36. The molecule has 0 aliphatic carbocycles. The van der Waals surface area contributed by atoms with Gasteiger partial charge in [0.05, 0.1) is 33.1 Å². The van der Waals surface area contributed by atoms with Crippen LogP contribution >= 0.6 is 34.8 Å². The van der Waals surface area contributed by atoms with Crippen LogP contribution in [0.2, 0.25) is 15.1 Å². The van der Waals surface area contributed by atoms with Gasteiger partial charge in [-0.3, -0.25) is 4.98 Å². The SMILES string of the molecule is Nc1cc(CO)cnc1-c1c(Cl)ccc(Cl)c1Cl. The normalized spacial score (nSPS) is 10.7. The monoisotopic (exact) mass is 302 g/mol. The van der Waals surface area contributed by atoms with Crippen LogP contribution in [-0.4, -0.2) is 10.1 Å². The van der Waals surface area contributed by atoms with Crippen molar-refractivity contribution in [1.29, 1.82) is 0 Å². The number of aliphatic hydroxyl groups excluding tert-OH is 1. The summed E-state index contributed by atoms with van der Waals surface area (Å²) in [6.07, 6.45) is 1.51. The van der Waals surface area contributed by atoms with Crippen LogP contribution in [0.1, 0.15) is 5.56 Å². The summed E-state index contributed by atoms with van der Waals surface area (Å²) in [4.78, 5) is 4.17. The second-order valence-electron chi connectivity index (χ2n) is 3.66. The Bertz CT molecular complexity index is 602. The molecule has 1 heterocycles. The van der Waals surface area contributed by atoms with Gasteiger partial charge in [0.25, 0.3) is 0 Å². The number of aromatic nitrogens is 1. The summed E-state index contributed by atoms with van der Waals surface area (Å²) in [7, 11) is 0. The lowest BCUT2D eigenvalue weighted by Crippen LogP contribution is -1.97. The number of pyridine rings is 1. The van der Waals surface area contributed by atoms with Crippen LogP contribution in [0.5, 0.6) is 0 Å². The Morgan fingerprint density at radius 3 is 2.44 bits per heavy atom. The lowest BCUT2D eigenvalue weighted by atomic mass is 10.1. The van der Waals surface area contributed by atoms with E-state index < -0.39 is 0 Å². The first kappa shape index (κ1) is 13.4. The van der Waals surface area contributed by atoms with Crippen molar-refractivity contribution in [2.75, 3.05) is 5.73 Å². The van der Waals surface area contributed by atoms with E-state index in [-0.39, 0.29) is 6.61 Å². The van der Waals surface area contributed by atoms with Crippen molar-refractivity contribution in [1.82, 2.24) is 4.98 Å². The van der Waals surface area contributed by atoms with Crippen molar-refractivity contribution in [2.24, 2.45) is 0 Å². The highest BCUT2D eigenvalue weighted by Gasteiger charge is 2.15. The molecule has 0 aliphatic heterocycles. The highest BCUT2D eigenvalue weighted by molar-refractivity contribution is 6.46. The van der Waals surface area contributed by atoms with Crippen molar-refractivity contribution in [2.45, 2.75) is 6.61 Å². The fourth-order valence-corrected chi connectivity index (χ4v) is 2.27. The van der Waals surface area contributed by atoms with Gasteiger partial charge in [-0.15, -0.1) is 0 Å². The van der Waals surface area contributed by atoms with Gasteiger partial charge in [0.1, 0.15) is 0 Å². The van der Waals surface area contributed by atoms with Gasteiger partial charge in [0, 0.05) is 11.8 Å². The number of aliphatic hydroxyl groups is 1. The van der Waals surface area contributed by atoms with Gasteiger partial charge in [0.15, 0.2) is 0 Å². The zero-order chi connectivity index (χ0) is 13.3. The molecule has 3 N–H and O–H groups in total. The average molecular weight is 304 g/mol. The zero-order valence-corrected chi connectivity index (χ0v) is 11.4. The van der Waals surface area contributed by atoms with Crippen LogP contribution in [-0.2, 0) is 6.61 Å². The highest BCUT2D eigenvalue weighted by atomic mass is 35.5. The molecular weight excluding hydrogens is 295 g/mol. The standard InChI is InChI=1S/C12H9Cl3N2O/c13-7-1-2-8(14)11(15)10(7)12-9(16)3-6(5-18)4-17-12/h1-4,18H,5,16H2. The summed E-state index contributed by atoms with van der Waals surface area (Å²) < 4.78 is 0. The molecule has 94 valence electrons. The lowest BCUT2D eigenvalue weighted by Gasteiger charge is -2.11. The Labute approximate surface area is 119 Å². The van der Waals surface area contributed by atoms with E-state index in [1.165, 1.54) is 6.20 Å². The van der Waals surface area contributed by atoms with Crippen molar-refractivity contribution in [3.05, 3.63) is 45.0 Å². The molecule has 0 radical (unpaired) electrons. The fraction of sp³-hybridized carbons (Fsp3) is 0.0833. The topological polar surface area (TPSA) is 59.1 Å². The Balaban J connectivity index is 2.66. The molecule has 0 unspecified atom stereocenters. The third-order valence-electron chi connectivity index (χ3n) is 2.44. The minimum absolute atomic E-state index is 0.130. The molecule has 0 spiro atoms. The van der Waals surface area contributed by atoms with E-state index in [2.05, 4.69) is 4.98 Å². The molecule has 3 nitrogen and oxygen atoms in total. The van der Waals surface area contributed by atoms with Gasteiger partial charge >= 0.3 is 0 Å². The summed E-state index contributed by atoms with van der Waals surface area (Å²) >= 11 is 18.2. The summed E-state index contributed by atoms with van der Waals surface area (Å²) in [6, 6.07) is 4.86. The van der Waals surface area contributed by atoms with Crippen molar-refractivity contribution in [3.8, 4) is 11.3 Å². The Morgan fingerprint density at radius 2 is 1.83 bits per heavy atom. The first-order valence-corrected chi connectivity index (χ1v) is 6.17. The number of nitrogen functional groups attached to an aromatic ring is 1. The van der Waals surface area contributed by atoms with Crippen LogP contribution in [0.3, 0.4) is 0 Å². The largest absolute Gasteiger partial charge is 0.397 e. The molecule has 0 amide bonds. The van der Waals surface area contributed by atoms with Gasteiger partial charge in [0.2, 0.25) is 0 Å². The second kappa shape index (κ2) is 5.33.